The van der Waals surface area contributed by atoms with Crippen LogP contribution in [0, 0.1) is 6.92 Å². The van der Waals surface area contributed by atoms with E-state index in [2.05, 4.69) is 10.5 Å². The Balaban J connectivity index is 1.74. The monoisotopic (exact) mass is 554 g/mol. The van der Waals surface area contributed by atoms with Gasteiger partial charge < -0.3 is 4.74 Å². The lowest BCUT2D eigenvalue weighted by Gasteiger charge is -2.26. The number of piperidine rings is 1. The fourth-order valence-corrected chi connectivity index (χ4v) is 4.79. The maximum Gasteiger partial charge on any atom is 0.389 e. The second-order valence-electron chi connectivity index (χ2n) is 8.88. The highest BCUT2D eigenvalue weighted by Crippen LogP contribution is 2.37. The molecule has 0 saturated carbocycles. The summed E-state index contributed by atoms with van der Waals surface area (Å²) in [4.78, 5) is 13.3. The zero-order chi connectivity index (χ0) is 26.6. The highest BCUT2D eigenvalue weighted by atomic mass is 35.5. The van der Waals surface area contributed by atoms with Crippen molar-refractivity contribution in [3.63, 3.8) is 0 Å². The van der Waals surface area contributed by atoms with Gasteiger partial charge in [-0.3, -0.25) is 10.2 Å². The van der Waals surface area contributed by atoms with Crippen molar-refractivity contribution in [3.8, 4) is 22.7 Å². The molecule has 11 heteroatoms. The lowest BCUT2D eigenvalue weighted by molar-refractivity contribution is -0.136. The molecule has 6 nitrogen and oxygen atoms in total. The van der Waals surface area contributed by atoms with Gasteiger partial charge in [-0.25, -0.2) is 9.69 Å². The highest BCUT2D eigenvalue weighted by molar-refractivity contribution is 6.35. The molecule has 0 unspecified atom stereocenters. The minimum Gasteiger partial charge on any atom is -0.493 e. The predicted octanol–water partition coefficient (Wildman–Crippen LogP) is 7.01. The molecule has 0 radical (unpaired) electrons. The molecule has 2 heterocycles. The fourth-order valence-electron chi connectivity index (χ4n) is 4.30. The van der Waals surface area contributed by atoms with Gasteiger partial charge in [-0.05, 0) is 56.5 Å². The molecule has 1 fully saturated rings. The van der Waals surface area contributed by atoms with Crippen LogP contribution < -0.4 is 10.2 Å². The Morgan fingerprint density at radius 1 is 1.11 bits per heavy atom. The summed E-state index contributed by atoms with van der Waals surface area (Å²) in [7, 11) is 0. The van der Waals surface area contributed by atoms with Crippen molar-refractivity contribution in [3.05, 3.63) is 63.8 Å². The van der Waals surface area contributed by atoms with Gasteiger partial charge in [-0.2, -0.15) is 18.3 Å². The van der Waals surface area contributed by atoms with Crippen LogP contribution in [-0.4, -0.2) is 46.6 Å². The smallest absolute Gasteiger partial charge is 0.389 e. The summed E-state index contributed by atoms with van der Waals surface area (Å²) in [5.74, 6) is 0.0232. The molecule has 0 bridgehead atoms. The average molecular weight is 555 g/mol. The van der Waals surface area contributed by atoms with E-state index in [1.54, 1.807) is 54.1 Å². The van der Waals surface area contributed by atoms with E-state index in [1.807, 2.05) is 5.01 Å². The molecule has 1 amide bonds. The number of nitrogens with one attached hydrogen (secondary N) is 1. The van der Waals surface area contributed by atoms with Crippen LogP contribution in [-0.2, 0) is 0 Å². The van der Waals surface area contributed by atoms with E-state index in [9.17, 15) is 18.0 Å². The lowest BCUT2D eigenvalue weighted by Crippen LogP contribution is -2.45. The summed E-state index contributed by atoms with van der Waals surface area (Å²) in [6.45, 7) is 3.17. The number of carbonyl (C=O) groups excluding carboxylic acids is 1. The Morgan fingerprint density at radius 2 is 1.84 bits per heavy atom. The third-order valence-corrected chi connectivity index (χ3v) is 6.63. The van der Waals surface area contributed by atoms with Crippen LogP contribution in [0.2, 0.25) is 10.0 Å². The molecule has 1 aliphatic heterocycles. The second kappa shape index (κ2) is 11.8. The summed E-state index contributed by atoms with van der Waals surface area (Å²) in [5.41, 5.74) is 5.33. The number of rotatable bonds is 8. The topological polar surface area (TPSA) is 59.4 Å². The predicted molar refractivity (Wildman–Crippen MR) is 137 cm³/mol. The number of hydrazine groups is 1. The molecule has 1 N–H and O–H groups in total. The summed E-state index contributed by atoms with van der Waals surface area (Å²) in [5, 5.41) is 7.28. The minimum atomic E-state index is -4.25. The Kier molecular flexibility index (Phi) is 8.67. The quantitative estimate of drug-likeness (QED) is 0.304. The average Bonchev–Trinajstić information content (AvgIpc) is 3.19. The molecule has 0 aliphatic carbocycles. The summed E-state index contributed by atoms with van der Waals surface area (Å²) < 4.78 is 45.1. The van der Waals surface area contributed by atoms with Gasteiger partial charge in [0.2, 0.25) is 0 Å². The van der Waals surface area contributed by atoms with Crippen molar-refractivity contribution in [2.24, 2.45) is 0 Å². The van der Waals surface area contributed by atoms with E-state index in [0.717, 1.165) is 32.4 Å². The first-order valence-corrected chi connectivity index (χ1v) is 12.8. The molecule has 4 rings (SSSR count). The normalized spacial score (nSPS) is 14.5. The lowest BCUT2D eigenvalue weighted by atomic mass is 10.0. The van der Waals surface area contributed by atoms with Crippen LogP contribution in [0.1, 0.15) is 48.2 Å². The van der Waals surface area contributed by atoms with Gasteiger partial charge in [-0.15, -0.1) is 0 Å². The Morgan fingerprint density at radius 3 is 2.54 bits per heavy atom. The SMILES string of the molecule is Cc1c(C(=O)NN2CCCCC2)nn(-c2ccc(Cl)cc2Cl)c1-c1ccccc1OCCCC(F)(F)F. The van der Waals surface area contributed by atoms with Crippen LogP contribution in [0.25, 0.3) is 16.9 Å². The van der Waals surface area contributed by atoms with Gasteiger partial charge in [0.25, 0.3) is 5.91 Å². The van der Waals surface area contributed by atoms with Crippen molar-refractivity contribution < 1.29 is 22.7 Å². The first-order chi connectivity index (χ1) is 17.6. The van der Waals surface area contributed by atoms with Crippen LogP contribution in [0.4, 0.5) is 13.2 Å². The van der Waals surface area contributed by atoms with Crippen LogP contribution >= 0.6 is 23.2 Å². The molecule has 2 aromatic carbocycles. The molecule has 1 aromatic heterocycles. The molecule has 37 heavy (non-hydrogen) atoms. The zero-order valence-electron chi connectivity index (χ0n) is 20.2. The maximum absolute atomic E-state index is 13.3. The number of ether oxygens (including phenoxy) is 1. The van der Waals surface area contributed by atoms with Crippen molar-refractivity contribution in [2.75, 3.05) is 19.7 Å². The highest BCUT2D eigenvalue weighted by Gasteiger charge is 2.28. The number of hydrogen-bond acceptors (Lipinski definition) is 4. The zero-order valence-corrected chi connectivity index (χ0v) is 21.8. The van der Waals surface area contributed by atoms with Crippen LogP contribution in [0.5, 0.6) is 5.75 Å². The maximum atomic E-state index is 13.3. The molecule has 0 spiro atoms. The Labute approximate surface area is 223 Å². The van der Waals surface area contributed by atoms with E-state index in [4.69, 9.17) is 27.9 Å². The second-order valence-corrected chi connectivity index (χ2v) is 9.73. The van der Waals surface area contributed by atoms with E-state index < -0.39 is 12.6 Å². The third kappa shape index (κ3) is 6.77. The van der Waals surface area contributed by atoms with Gasteiger partial charge >= 0.3 is 6.18 Å². The van der Waals surface area contributed by atoms with Crippen molar-refractivity contribution in [1.82, 2.24) is 20.2 Å². The first kappa shape index (κ1) is 27.3. The number of hydrogen-bond donors (Lipinski definition) is 1. The van der Waals surface area contributed by atoms with Crippen molar-refractivity contribution in [1.29, 1.82) is 0 Å². The van der Waals surface area contributed by atoms with E-state index in [1.165, 1.54) is 0 Å². The van der Waals surface area contributed by atoms with Gasteiger partial charge in [0.05, 0.1) is 23.0 Å². The number of nitrogens with zero attached hydrogens (tertiary/aromatic N) is 3. The largest absolute Gasteiger partial charge is 0.493 e. The summed E-state index contributed by atoms with van der Waals surface area (Å²) in [6.07, 6.45) is -2.24. The van der Waals surface area contributed by atoms with Gasteiger partial charge in [0.1, 0.15) is 5.75 Å². The number of carbonyl (C=O) groups is 1. The number of amides is 1. The van der Waals surface area contributed by atoms with E-state index in [0.29, 0.717) is 38.3 Å². The van der Waals surface area contributed by atoms with Crippen LogP contribution in [0.3, 0.4) is 0 Å². The molecule has 198 valence electrons. The van der Waals surface area contributed by atoms with Crippen LogP contribution in [0.15, 0.2) is 42.5 Å². The van der Waals surface area contributed by atoms with E-state index >= 15 is 0 Å². The number of aromatic nitrogens is 2. The number of para-hydroxylation sites is 1. The molecule has 0 atom stereocenters. The Hall–Kier alpha value is -2.75. The molecule has 1 saturated heterocycles. The Bertz CT molecular complexity index is 1260. The molecular formula is C26H27Cl2F3N4O2. The van der Waals surface area contributed by atoms with E-state index in [-0.39, 0.29) is 24.6 Å². The number of halogens is 5. The standard InChI is InChI=1S/C26H27Cl2F3N4O2/c1-17-23(25(36)33-34-13-5-2-6-14-34)32-35(21-11-10-18(27)16-20(21)28)24(17)19-8-3-4-9-22(19)37-15-7-12-26(29,30)31/h3-4,8-11,16H,2,5-7,12-15H2,1H3,(H,33,36). The summed E-state index contributed by atoms with van der Waals surface area (Å²) >= 11 is 12.6. The first-order valence-electron chi connectivity index (χ1n) is 12.0. The third-order valence-electron chi connectivity index (χ3n) is 6.10. The minimum absolute atomic E-state index is 0.117. The van der Waals surface area contributed by atoms with Gasteiger partial charge in [0.15, 0.2) is 5.69 Å². The molecular weight excluding hydrogens is 528 g/mol. The van der Waals surface area contributed by atoms with Gasteiger partial charge in [-0.1, -0.05) is 41.8 Å². The number of benzene rings is 2. The molecule has 1 aliphatic rings. The fraction of sp³-hybridized carbons (Fsp3) is 0.385. The molecule has 3 aromatic rings. The number of alkyl halides is 3. The van der Waals surface area contributed by atoms with Crippen molar-refractivity contribution >= 4 is 29.1 Å². The van der Waals surface area contributed by atoms with Gasteiger partial charge in [0, 0.05) is 35.7 Å². The van der Waals surface area contributed by atoms with Crippen molar-refractivity contribution in [2.45, 2.75) is 45.2 Å². The summed E-state index contributed by atoms with van der Waals surface area (Å²) in [6, 6.07) is 11.9.